The molecule has 0 spiro atoms. The fourth-order valence-electron chi connectivity index (χ4n) is 3.84. The first-order chi connectivity index (χ1) is 16.1. The van der Waals surface area contributed by atoms with Gasteiger partial charge >= 0.3 is 0 Å². The number of sulfonamides is 2. The van der Waals surface area contributed by atoms with Gasteiger partial charge in [0.1, 0.15) is 0 Å². The Morgan fingerprint density at radius 3 is 2.29 bits per heavy atom. The Kier molecular flexibility index (Phi) is 6.51. The van der Waals surface area contributed by atoms with Gasteiger partial charge in [0.25, 0.3) is 10.0 Å². The molecule has 34 heavy (non-hydrogen) atoms. The molecule has 178 valence electrons. The van der Waals surface area contributed by atoms with Gasteiger partial charge in [-0.15, -0.1) is 0 Å². The van der Waals surface area contributed by atoms with E-state index in [1.165, 1.54) is 4.41 Å². The smallest absolute Gasteiger partial charge is 0.279 e. The SMILES string of the molecule is CCS(=O)(=O)Nc1cccc(C2=NN(S(=O)(=O)c3ccc(C)cc3)[C@@H](c3cccc(C)c3)C2)c1. The summed E-state index contributed by atoms with van der Waals surface area (Å²) in [4.78, 5) is 0.171. The minimum absolute atomic E-state index is 0.0455. The summed E-state index contributed by atoms with van der Waals surface area (Å²) in [6, 6.07) is 20.8. The molecule has 0 unspecified atom stereocenters. The van der Waals surface area contributed by atoms with Gasteiger partial charge in [0, 0.05) is 12.1 Å². The van der Waals surface area contributed by atoms with E-state index >= 15 is 0 Å². The molecular formula is C25H27N3O4S2. The minimum Gasteiger partial charge on any atom is -0.284 e. The third kappa shape index (κ3) is 5.00. The number of nitrogens with zero attached hydrogens (tertiary/aromatic N) is 2. The quantitative estimate of drug-likeness (QED) is 0.516. The van der Waals surface area contributed by atoms with Crippen molar-refractivity contribution in [3.63, 3.8) is 0 Å². The fraction of sp³-hybridized carbons (Fsp3) is 0.240. The van der Waals surface area contributed by atoms with Crippen molar-refractivity contribution >= 4 is 31.4 Å². The highest BCUT2D eigenvalue weighted by Gasteiger charge is 2.37. The van der Waals surface area contributed by atoms with E-state index < -0.39 is 26.1 Å². The monoisotopic (exact) mass is 497 g/mol. The van der Waals surface area contributed by atoms with Gasteiger partial charge in [0.15, 0.2) is 0 Å². The Morgan fingerprint density at radius 2 is 1.62 bits per heavy atom. The highest BCUT2D eigenvalue weighted by atomic mass is 32.2. The highest BCUT2D eigenvalue weighted by molar-refractivity contribution is 7.92. The van der Waals surface area contributed by atoms with Gasteiger partial charge in [-0.1, -0.05) is 59.7 Å². The summed E-state index contributed by atoms with van der Waals surface area (Å²) in [7, 11) is -7.36. The van der Waals surface area contributed by atoms with Gasteiger partial charge in [-0.3, -0.25) is 4.72 Å². The molecule has 0 fully saturated rings. The topological polar surface area (TPSA) is 95.9 Å². The van der Waals surface area contributed by atoms with Crippen LogP contribution in [0.4, 0.5) is 5.69 Å². The molecule has 0 amide bonds. The number of anilines is 1. The van der Waals surface area contributed by atoms with Crippen LogP contribution < -0.4 is 4.72 Å². The second-order valence-corrected chi connectivity index (χ2v) is 12.2. The minimum atomic E-state index is -3.92. The molecule has 1 atom stereocenters. The molecular weight excluding hydrogens is 470 g/mol. The zero-order valence-corrected chi connectivity index (χ0v) is 20.9. The molecule has 1 aliphatic rings. The van der Waals surface area contributed by atoms with Crippen LogP contribution in [0, 0.1) is 13.8 Å². The van der Waals surface area contributed by atoms with Crippen LogP contribution in [-0.2, 0) is 20.0 Å². The van der Waals surface area contributed by atoms with E-state index in [0.29, 0.717) is 23.4 Å². The maximum Gasteiger partial charge on any atom is 0.279 e. The lowest BCUT2D eigenvalue weighted by molar-refractivity contribution is 0.371. The molecule has 1 N–H and O–H groups in total. The summed E-state index contributed by atoms with van der Waals surface area (Å²) >= 11 is 0. The van der Waals surface area contributed by atoms with Crippen LogP contribution in [-0.4, -0.2) is 32.7 Å². The van der Waals surface area contributed by atoms with Crippen LogP contribution >= 0.6 is 0 Å². The van der Waals surface area contributed by atoms with Crippen molar-refractivity contribution in [3.8, 4) is 0 Å². The first kappa shape index (κ1) is 24.0. The van der Waals surface area contributed by atoms with E-state index in [-0.39, 0.29) is 10.6 Å². The van der Waals surface area contributed by atoms with Crippen molar-refractivity contribution in [2.45, 2.75) is 38.1 Å². The van der Waals surface area contributed by atoms with Crippen molar-refractivity contribution in [1.29, 1.82) is 0 Å². The third-order valence-electron chi connectivity index (χ3n) is 5.71. The molecule has 3 aromatic rings. The summed E-state index contributed by atoms with van der Waals surface area (Å²) in [6.45, 7) is 5.42. The Morgan fingerprint density at radius 1 is 0.912 bits per heavy atom. The fourth-order valence-corrected chi connectivity index (χ4v) is 5.91. The summed E-state index contributed by atoms with van der Waals surface area (Å²) < 4.78 is 55.0. The van der Waals surface area contributed by atoms with E-state index in [0.717, 1.165) is 16.7 Å². The van der Waals surface area contributed by atoms with Gasteiger partial charge in [0.2, 0.25) is 10.0 Å². The van der Waals surface area contributed by atoms with E-state index in [1.54, 1.807) is 55.5 Å². The number of hydrogen-bond donors (Lipinski definition) is 1. The normalized spacial score (nSPS) is 16.4. The maximum absolute atomic E-state index is 13.6. The summed E-state index contributed by atoms with van der Waals surface area (Å²) in [5.41, 5.74) is 4.47. The van der Waals surface area contributed by atoms with Crippen LogP contribution in [0.5, 0.6) is 0 Å². The Balaban J connectivity index is 1.77. The average Bonchev–Trinajstić information content (AvgIpc) is 3.26. The molecule has 0 aromatic heterocycles. The van der Waals surface area contributed by atoms with Crippen molar-refractivity contribution in [3.05, 3.63) is 95.1 Å². The van der Waals surface area contributed by atoms with Crippen LogP contribution in [0.2, 0.25) is 0 Å². The largest absolute Gasteiger partial charge is 0.284 e. The van der Waals surface area contributed by atoms with Crippen molar-refractivity contribution in [2.24, 2.45) is 5.10 Å². The van der Waals surface area contributed by atoms with Gasteiger partial charge in [-0.05, 0) is 56.2 Å². The number of hydrazone groups is 1. The third-order valence-corrected chi connectivity index (χ3v) is 8.72. The Labute approximate surface area is 201 Å². The second kappa shape index (κ2) is 9.23. The molecule has 0 aliphatic carbocycles. The molecule has 1 aliphatic heterocycles. The molecule has 0 radical (unpaired) electrons. The molecule has 7 nitrogen and oxygen atoms in total. The van der Waals surface area contributed by atoms with E-state index in [9.17, 15) is 16.8 Å². The molecule has 3 aromatic carbocycles. The van der Waals surface area contributed by atoms with Gasteiger partial charge in [0.05, 0.1) is 22.4 Å². The van der Waals surface area contributed by atoms with E-state index in [4.69, 9.17) is 0 Å². The first-order valence-electron chi connectivity index (χ1n) is 10.9. The van der Waals surface area contributed by atoms with Gasteiger partial charge in [-0.2, -0.15) is 17.9 Å². The molecule has 0 bridgehead atoms. The number of nitrogens with one attached hydrogen (secondary N) is 1. The summed E-state index contributed by atoms with van der Waals surface area (Å²) in [5.74, 6) is -0.0455. The van der Waals surface area contributed by atoms with Crippen molar-refractivity contribution < 1.29 is 16.8 Å². The van der Waals surface area contributed by atoms with Crippen molar-refractivity contribution in [2.75, 3.05) is 10.5 Å². The molecule has 1 heterocycles. The lowest BCUT2D eigenvalue weighted by atomic mass is 9.98. The van der Waals surface area contributed by atoms with E-state index in [1.807, 2.05) is 38.1 Å². The number of rotatable bonds is 7. The molecule has 0 saturated carbocycles. The van der Waals surface area contributed by atoms with Gasteiger partial charge in [-0.25, -0.2) is 8.42 Å². The number of aryl methyl sites for hydroxylation is 2. The van der Waals surface area contributed by atoms with Crippen LogP contribution in [0.3, 0.4) is 0 Å². The van der Waals surface area contributed by atoms with E-state index in [2.05, 4.69) is 9.82 Å². The number of hydrogen-bond acceptors (Lipinski definition) is 5. The average molecular weight is 498 g/mol. The highest BCUT2D eigenvalue weighted by Crippen LogP contribution is 2.37. The predicted octanol–water partition coefficient (Wildman–Crippen LogP) is 4.61. The van der Waals surface area contributed by atoms with Crippen LogP contribution in [0.1, 0.15) is 41.6 Å². The zero-order chi connectivity index (χ0) is 24.5. The molecule has 9 heteroatoms. The van der Waals surface area contributed by atoms with Crippen LogP contribution in [0.15, 0.2) is 82.8 Å². The van der Waals surface area contributed by atoms with Crippen molar-refractivity contribution in [1.82, 2.24) is 4.41 Å². The zero-order valence-electron chi connectivity index (χ0n) is 19.3. The Hall–Kier alpha value is -3.17. The standard InChI is InChI=1S/C25H27N3O4S2/c1-4-33(29,30)27-22-10-6-8-20(16-22)24-17-25(21-9-5-7-19(3)15-21)28(26-24)34(31,32)23-13-11-18(2)12-14-23/h5-16,25,27H,4,17H2,1-3H3/t25-/m1/s1. The lowest BCUT2D eigenvalue weighted by Gasteiger charge is -2.23. The van der Waals surface area contributed by atoms with Gasteiger partial charge < -0.3 is 0 Å². The molecule has 4 rings (SSSR count). The number of benzene rings is 3. The lowest BCUT2D eigenvalue weighted by Crippen LogP contribution is -2.27. The summed E-state index contributed by atoms with van der Waals surface area (Å²) in [6.07, 6.45) is 0.360. The predicted molar refractivity (Wildman–Crippen MR) is 135 cm³/mol. The molecule has 0 saturated heterocycles. The van der Waals surface area contributed by atoms with Crippen LogP contribution in [0.25, 0.3) is 0 Å². The first-order valence-corrected chi connectivity index (χ1v) is 14.0. The summed E-state index contributed by atoms with van der Waals surface area (Å²) in [5, 5.41) is 4.56. The second-order valence-electron chi connectivity index (χ2n) is 8.36. The Bertz CT molecular complexity index is 1450. The maximum atomic E-state index is 13.6.